The average Bonchev–Trinajstić information content (AvgIpc) is 2.68. The Hall–Kier alpha value is -2.33. The first-order chi connectivity index (χ1) is 14.0. The summed E-state index contributed by atoms with van der Waals surface area (Å²) < 4.78 is 66.4. The minimum atomic E-state index is -4.38. The molecule has 1 aliphatic rings. The zero-order valence-electron chi connectivity index (χ0n) is 17.0. The third-order valence-electron chi connectivity index (χ3n) is 5.19. The van der Waals surface area contributed by atoms with E-state index in [0.29, 0.717) is 17.4 Å². The molecule has 1 aromatic carbocycles. The molecule has 0 spiro atoms. The number of nitrogens with one attached hydrogen (secondary N) is 2. The predicted octanol–water partition coefficient (Wildman–Crippen LogP) is 3.65. The van der Waals surface area contributed by atoms with Crippen LogP contribution in [0.15, 0.2) is 41.3 Å². The van der Waals surface area contributed by atoms with Gasteiger partial charge < -0.3 is 10.2 Å². The predicted molar refractivity (Wildman–Crippen MR) is 110 cm³/mol. The summed E-state index contributed by atoms with van der Waals surface area (Å²) in [5.74, 6) is -0.900. The molecule has 2 N–H and O–H groups in total. The Morgan fingerprint density at radius 1 is 1.20 bits per heavy atom. The topological polar surface area (TPSA) is 74.3 Å². The third-order valence-corrected chi connectivity index (χ3v) is 6.57. The van der Waals surface area contributed by atoms with Crippen molar-refractivity contribution in [3.63, 3.8) is 0 Å². The molecule has 0 aliphatic carbocycles. The van der Waals surface area contributed by atoms with Crippen molar-refractivity contribution in [1.82, 2.24) is 10.3 Å². The van der Waals surface area contributed by atoms with Crippen LogP contribution in [-0.4, -0.2) is 45.3 Å². The summed E-state index contributed by atoms with van der Waals surface area (Å²) in [5.41, 5.74) is 0.855. The van der Waals surface area contributed by atoms with Crippen molar-refractivity contribution >= 4 is 21.5 Å². The lowest BCUT2D eigenvalue weighted by molar-refractivity contribution is -0.146. The summed E-state index contributed by atoms with van der Waals surface area (Å²) in [6, 6.07) is 8.48. The van der Waals surface area contributed by atoms with Crippen LogP contribution in [0.2, 0.25) is 0 Å². The van der Waals surface area contributed by atoms with Gasteiger partial charge in [0, 0.05) is 25.7 Å². The van der Waals surface area contributed by atoms with Gasteiger partial charge in [0.1, 0.15) is 5.82 Å². The van der Waals surface area contributed by atoms with Crippen molar-refractivity contribution < 1.29 is 21.6 Å². The number of hydrogen-bond donors (Lipinski definition) is 2. The highest BCUT2D eigenvalue weighted by Gasteiger charge is 2.37. The quantitative estimate of drug-likeness (QED) is 0.740. The fourth-order valence-corrected chi connectivity index (χ4v) is 4.42. The van der Waals surface area contributed by atoms with Crippen LogP contribution < -0.4 is 14.9 Å². The van der Waals surface area contributed by atoms with Crippen molar-refractivity contribution in [3.8, 4) is 0 Å². The Kier molecular flexibility index (Phi) is 6.28. The van der Waals surface area contributed by atoms with Crippen molar-refractivity contribution in [2.75, 3.05) is 29.3 Å². The van der Waals surface area contributed by atoms with Gasteiger partial charge in [-0.1, -0.05) is 12.1 Å². The number of halogens is 3. The number of benzene rings is 1. The van der Waals surface area contributed by atoms with Gasteiger partial charge in [0.05, 0.1) is 22.2 Å². The Morgan fingerprint density at radius 2 is 1.87 bits per heavy atom. The number of pyridine rings is 1. The van der Waals surface area contributed by atoms with E-state index in [-0.39, 0.29) is 10.5 Å². The van der Waals surface area contributed by atoms with E-state index in [1.165, 1.54) is 24.3 Å². The fourth-order valence-electron chi connectivity index (χ4n) is 3.30. The van der Waals surface area contributed by atoms with Crippen LogP contribution in [0.3, 0.4) is 0 Å². The molecule has 3 rings (SSSR count). The van der Waals surface area contributed by atoms with Crippen LogP contribution in [0.25, 0.3) is 0 Å². The molecule has 6 nitrogen and oxygen atoms in total. The zero-order valence-corrected chi connectivity index (χ0v) is 17.8. The van der Waals surface area contributed by atoms with Gasteiger partial charge in [-0.05, 0) is 50.6 Å². The molecule has 1 fully saturated rings. The molecule has 30 heavy (non-hydrogen) atoms. The average molecular weight is 443 g/mol. The molecular formula is C20H25F3N4O2S. The summed E-state index contributed by atoms with van der Waals surface area (Å²) in [4.78, 5) is 6.54. The second kappa shape index (κ2) is 8.43. The number of anilines is 2. The van der Waals surface area contributed by atoms with E-state index >= 15 is 0 Å². The summed E-state index contributed by atoms with van der Waals surface area (Å²) in [6.45, 7) is 7.30. The minimum absolute atomic E-state index is 0.00824. The van der Waals surface area contributed by atoms with Gasteiger partial charge in [-0.3, -0.25) is 4.72 Å². The molecule has 2 aromatic rings. The number of aryl methyl sites for hydroxylation is 1. The first-order valence-electron chi connectivity index (χ1n) is 9.63. The van der Waals surface area contributed by atoms with Gasteiger partial charge in [0.2, 0.25) is 0 Å². The highest BCUT2D eigenvalue weighted by atomic mass is 32.2. The summed E-state index contributed by atoms with van der Waals surface area (Å²) >= 11 is 0. The van der Waals surface area contributed by atoms with E-state index < -0.39 is 22.1 Å². The first-order valence-corrected chi connectivity index (χ1v) is 11.1. The first kappa shape index (κ1) is 22.4. The zero-order chi connectivity index (χ0) is 22.1. The number of alkyl halides is 3. The van der Waals surface area contributed by atoms with Crippen molar-refractivity contribution in [2.45, 2.75) is 43.8 Å². The molecule has 0 amide bonds. The highest BCUT2D eigenvalue weighted by Crippen LogP contribution is 2.34. The molecule has 2 heterocycles. The van der Waals surface area contributed by atoms with E-state index in [1.807, 2.05) is 0 Å². The molecule has 0 saturated carbocycles. The Labute approximate surface area is 174 Å². The van der Waals surface area contributed by atoms with E-state index in [4.69, 9.17) is 0 Å². The lowest BCUT2D eigenvalue weighted by Gasteiger charge is -2.33. The lowest BCUT2D eigenvalue weighted by Crippen LogP contribution is -2.49. The van der Waals surface area contributed by atoms with Crippen molar-refractivity contribution in [1.29, 1.82) is 0 Å². The molecule has 0 unspecified atom stereocenters. The van der Waals surface area contributed by atoms with Crippen LogP contribution in [0.4, 0.5) is 24.7 Å². The number of hydrogen-bond acceptors (Lipinski definition) is 5. The lowest BCUT2D eigenvalue weighted by atomic mass is 10.0. The largest absolute Gasteiger partial charge is 0.395 e. The van der Waals surface area contributed by atoms with Crippen molar-refractivity contribution in [2.24, 2.45) is 0 Å². The monoisotopic (exact) mass is 442 g/mol. The summed E-state index contributed by atoms with van der Waals surface area (Å²) in [7, 11) is -3.96. The molecule has 10 heteroatoms. The Morgan fingerprint density at radius 3 is 2.43 bits per heavy atom. The highest BCUT2D eigenvalue weighted by molar-refractivity contribution is 7.92. The molecule has 2 atom stereocenters. The molecule has 164 valence electrons. The molecule has 0 radical (unpaired) electrons. The maximum absolute atomic E-state index is 12.8. The van der Waals surface area contributed by atoms with Gasteiger partial charge >= 0.3 is 6.18 Å². The van der Waals surface area contributed by atoms with Gasteiger partial charge in [0.15, 0.2) is 0 Å². The Bertz CT molecular complexity index is 994. The smallest absolute Gasteiger partial charge is 0.354 e. The van der Waals surface area contributed by atoms with E-state index in [2.05, 4.69) is 26.8 Å². The van der Waals surface area contributed by atoms with Gasteiger partial charge in [-0.25, -0.2) is 13.4 Å². The second-order valence-electron chi connectivity index (χ2n) is 7.54. The maximum atomic E-state index is 12.8. The third kappa shape index (κ3) is 5.04. The SMILES string of the molecule is Cc1nc(N2CCN[C@@H](C)C2)ccc1NS(=O)(=O)c1ccc([C@@H](C)C(F)(F)F)cc1. The number of rotatable bonds is 5. The van der Waals surface area contributed by atoms with E-state index in [1.54, 1.807) is 19.1 Å². The molecular weight excluding hydrogens is 417 g/mol. The molecule has 0 bridgehead atoms. The number of sulfonamides is 1. The van der Waals surface area contributed by atoms with Crippen LogP contribution in [0, 0.1) is 6.92 Å². The molecule has 1 saturated heterocycles. The second-order valence-corrected chi connectivity index (χ2v) is 9.22. The Balaban J connectivity index is 1.76. The normalized spacial score (nSPS) is 18.9. The molecule has 1 aliphatic heterocycles. The maximum Gasteiger partial charge on any atom is 0.395 e. The van der Waals surface area contributed by atoms with Gasteiger partial charge in [-0.15, -0.1) is 0 Å². The fraction of sp³-hybridized carbons (Fsp3) is 0.450. The van der Waals surface area contributed by atoms with Crippen LogP contribution in [0.5, 0.6) is 0 Å². The van der Waals surface area contributed by atoms with Crippen molar-refractivity contribution in [3.05, 3.63) is 47.7 Å². The van der Waals surface area contributed by atoms with E-state index in [0.717, 1.165) is 32.4 Å². The number of aromatic nitrogens is 1. The van der Waals surface area contributed by atoms with Crippen LogP contribution in [-0.2, 0) is 10.0 Å². The number of nitrogens with zero attached hydrogens (tertiary/aromatic N) is 2. The number of piperazine rings is 1. The van der Waals surface area contributed by atoms with E-state index in [9.17, 15) is 21.6 Å². The van der Waals surface area contributed by atoms with Gasteiger partial charge in [0.25, 0.3) is 10.0 Å². The van der Waals surface area contributed by atoms with Crippen LogP contribution >= 0.6 is 0 Å². The summed E-state index contributed by atoms with van der Waals surface area (Å²) in [5, 5.41) is 3.35. The molecule has 1 aromatic heterocycles. The standard InChI is InChI=1S/C20H25F3N4O2S/c1-13-12-27(11-10-24-13)19-9-8-18(15(3)25-19)26-30(28,29)17-6-4-16(5-7-17)14(2)20(21,22)23/h4-9,13-14,24,26H,10-12H2,1-3H3/t13-,14+/m0/s1. The minimum Gasteiger partial charge on any atom is -0.354 e. The van der Waals surface area contributed by atoms with Crippen LogP contribution in [0.1, 0.15) is 31.0 Å². The summed E-state index contributed by atoms with van der Waals surface area (Å²) in [6.07, 6.45) is -4.38. The van der Waals surface area contributed by atoms with Gasteiger partial charge in [-0.2, -0.15) is 13.2 Å².